The number of hydrogen-bond donors (Lipinski definition) is 2. The number of aromatic nitrogens is 3. The molecule has 2 unspecified atom stereocenters. The van der Waals surface area contributed by atoms with Crippen LogP contribution in [0.4, 0.5) is 13.2 Å². The van der Waals surface area contributed by atoms with Gasteiger partial charge in [0.1, 0.15) is 12.4 Å². The zero-order valence-corrected chi connectivity index (χ0v) is 20.2. The maximum atomic E-state index is 13.1. The molecular weight excluding hydrogens is 528 g/mol. The Bertz CT molecular complexity index is 806. The van der Waals surface area contributed by atoms with E-state index in [2.05, 4.69) is 31.9 Å². The first-order valence-electron chi connectivity index (χ1n) is 9.81. The van der Waals surface area contributed by atoms with Gasteiger partial charge in [0.2, 0.25) is 0 Å². The Kier molecular flexibility index (Phi) is 9.38. The van der Waals surface area contributed by atoms with E-state index in [4.69, 9.17) is 0 Å². The smallest absolute Gasteiger partial charge is 0.356 e. The van der Waals surface area contributed by atoms with E-state index in [0.717, 1.165) is 12.2 Å². The lowest BCUT2D eigenvalue weighted by Crippen LogP contribution is -2.47. The van der Waals surface area contributed by atoms with Crippen LogP contribution in [0.5, 0.6) is 0 Å². The molecule has 0 aromatic carbocycles. The van der Waals surface area contributed by atoms with Crippen molar-refractivity contribution in [2.75, 3.05) is 6.54 Å². The summed E-state index contributed by atoms with van der Waals surface area (Å²) in [5.74, 6) is 0.770. The first kappa shape index (κ1) is 24.9. The maximum Gasteiger partial charge on any atom is 0.391 e. The van der Waals surface area contributed by atoms with E-state index in [-0.39, 0.29) is 42.9 Å². The van der Waals surface area contributed by atoms with E-state index in [1.807, 2.05) is 30.0 Å². The highest BCUT2D eigenvalue weighted by molar-refractivity contribution is 14.0. The molecule has 2 aromatic rings. The third-order valence-corrected chi connectivity index (χ3v) is 6.22. The third-order valence-electron chi connectivity index (χ3n) is 5.28. The highest BCUT2D eigenvalue weighted by atomic mass is 127. The van der Waals surface area contributed by atoms with Gasteiger partial charge in [0.25, 0.3) is 0 Å². The molecule has 0 amide bonds. The zero-order valence-electron chi connectivity index (χ0n) is 17.1. The number of aryl methyl sites for hydroxylation is 1. The van der Waals surface area contributed by atoms with Crippen molar-refractivity contribution >= 4 is 41.3 Å². The van der Waals surface area contributed by atoms with Gasteiger partial charge >= 0.3 is 6.18 Å². The Hall–Kier alpha value is -1.37. The molecule has 168 valence electrons. The zero-order chi connectivity index (χ0) is 20.9. The Morgan fingerprint density at radius 1 is 1.33 bits per heavy atom. The van der Waals surface area contributed by atoms with Gasteiger partial charge in [-0.3, -0.25) is 0 Å². The summed E-state index contributed by atoms with van der Waals surface area (Å²) in [5, 5.41) is 16.6. The molecule has 0 bridgehead atoms. The molecule has 2 aromatic heterocycles. The lowest BCUT2D eigenvalue weighted by Gasteiger charge is -2.32. The summed E-state index contributed by atoms with van der Waals surface area (Å²) in [4.78, 5) is 5.81. The van der Waals surface area contributed by atoms with Crippen molar-refractivity contribution in [2.45, 2.75) is 57.8 Å². The Labute approximate surface area is 195 Å². The van der Waals surface area contributed by atoms with Crippen LogP contribution in [0.2, 0.25) is 0 Å². The topological polar surface area (TPSA) is 67.1 Å². The van der Waals surface area contributed by atoms with Gasteiger partial charge in [-0.15, -0.1) is 45.5 Å². The molecule has 6 nitrogen and oxygen atoms in total. The Balaban J connectivity index is 0.00000320. The Morgan fingerprint density at radius 3 is 2.77 bits per heavy atom. The van der Waals surface area contributed by atoms with Crippen LogP contribution in [0.1, 0.15) is 42.2 Å². The molecular formula is C19H28F3IN6S. The van der Waals surface area contributed by atoms with Gasteiger partial charge in [-0.05, 0) is 44.1 Å². The fraction of sp³-hybridized carbons (Fsp3) is 0.632. The van der Waals surface area contributed by atoms with E-state index in [0.29, 0.717) is 37.7 Å². The number of alkyl halides is 3. The van der Waals surface area contributed by atoms with Crippen molar-refractivity contribution in [1.29, 1.82) is 0 Å². The van der Waals surface area contributed by atoms with Crippen LogP contribution in [-0.4, -0.2) is 39.5 Å². The van der Waals surface area contributed by atoms with Crippen molar-refractivity contribution in [3.05, 3.63) is 34.0 Å². The summed E-state index contributed by atoms with van der Waals surface area (Å²) >= 11 is 1.68. The average Bonchev–Trinajstić information content (AvgIpc) is 3.30. The molecule has 1 saturated carbocycles. The van der Waals surface area contributed by atoms with Gasteiger partial charge in [0.05, 0.1) is 5.92 Å². The minimum atomic E-state index is -4.14. The van der Waals surface area contributed by atoms with Gasteiger partial charge < -0.3 is 15.2 Å². The van der Waals surface area contributed by atoms with Crippen molar-refractivity contribution in [1.82, 2.24) is 25.4 Å². The summed E-state index contributed by atoms with van der Waals surface area (Å²) in [7, 11) is 1.87. The molecule has 0 spiro atoms. The molecule has 1 fully saturated rings. The fourth-order valence-electron chi connectivity index (χ4n) is 3.46. The lowest BCUT2D eigenvalue weighted by molar-refractivity contribution is -0.183. The van der Waals surface area contributed by atoms with E-state index < -0.39 is 12.1 Å². The van der Waals surface area contributed by atoms with E-state index >= 15 is 0 Å². The SMILES string of the molecule is Cc1nnc(CN=C(NCCc2cccs2)NC2CCCC(C(F)(F)F)C2)n1C.I. The summed E-state index contributed by atoms with van der Waals surface area (Å²) < 4.78 is 41.3. The van der Waals surface area contributed by atoms with Crippen molar-refractivity contribution < 1.29 is 13.2 Å². The monoisotopic (exact) mass is 556 g/mol. The number of hydrogen-bond acceptors (Lipinski definition) is 4. The van der Waals surface area contributed by atoms with Crippen LogP contribution in [-0.2, 0) is 20.0 Å². The maximum absolute atomic E-state index is 13.1. The number of halogens is 4. The molecule has 11 heteroatoms. The van der Waals surface area contributed by atoms with Gasteiger partial charge in [0, 0.05) is 24.5 Å². The normalized spacial score (nSPS) is 20.0. The highest BCUT2D eigenvalue weighted by Gasteiger charge is 2.42. The molecule has 2 heterocycles. The van der Waals surface area contributed by atoms with Gasteiger partial charge in [0.15, 0.2) is 11.8 Å². The second kappa shape index (κ2) is 11.3. The van der Waals surface area contributed by atoms with Crippen molar-refractivity contribution in [2.24, 2.45) is 18.0 Å². The van der Waals surface area contributed by atoms with Crippen LogP contribution in [0.25, 0.3) is 0 Å². The molecule has 0 aliphatic heterocycles. The number of guanidine groups is 1. The van der Waals surface area contributed by atoms with E-state index in [1.165, 1.54) is 4.88 Å². The van der Waals surface area contributed by atoms with E-state index in [1.54, 1.807) is 11.3 Å². The summed E-state index contributed by atoms with van der Waals surface area (Å²) in [5.41, 5.74) is 0. The first-order chi connectivity index (χ1) is 13.8. The summed E-state index contributed by atoms with van der Waals surface area (Å²) in [6.45, 7) is 2.82. The van der Waals surface area contributed by atoms with Crippen LogP contribution in [0.3, 0.4) is 0 Å². The largest absolute Gasteiger partial charge is 0.391 e. The van der Waals surface area contributed by atoms with E-state index in [9.17, 15) is 13.2 Å². The number of rotatable bonds is 6. The standard InChI is InChI=1S/C19H27F3N6S.HI/c1-13-26-27-17(28(13)2)12-24-18(23-9-8-16-7-4-10-29-16)25-15-6-3-5-14(11-15)19(20,21)22;/h4,7,10,14-15H,3,5-6,8-9,11-12H2,1-2H3,(H2,23,24,25);1H. The first-order valence-corrected chi connectivity index (χ1v) is 10.7. The molecule has 3 rings (SSSR count). The number of thiophene rings is 1. The minimum Gasteiger partial charge on any atom is -0.356 e. The quantitative estimate of drug-likeness (QED) is 0.318. The number of aliphatic imine (C=N–C) groups is 1. The second-order valence-electron chi connectivity index (χ2n) is 7.39. The Morgan fingerprint density at radius 2 is 2.13 bits per heavy atom. The molecule has 30 heavy (non-hydrogen) atoms. The third kappa shape index (κ3) is 7.10. The molecule has 1 aliphatic carbocycles. The van der Waals surface area contributed by atoms with Crippen molar-refractivity contribution in [3.63, 3.8) is 0 Å². The predicted octanol–water partition coefficient (Wildman–Crippen LogP) is 4.20. The second-order valence-corrected chi connectivity index (χ2v) is 8.42. The number of nitrogens with zero attached hydrogens (tertiary/aromatic N) is 4. The van der Waals surface area contributed by atoms with Crippen LogP contribution in [0, 0.1) is 12.8 Å². The average molecular weight is 556 g/mol. The highest BCUT2D eigenvalue weighted by Crippen LogP contribution is 2.37. The van der Waals surface area contributed by atoms with Crippen molar-refractivity contribution in [3.8, 4) is 0 Å². The van der Waals surface area contributed by atoms with Crippen LogP contribution in [0.15, 0.2) is 22.5 Å². The van der Waals surface area contributed by atoms with Crippen LogP contribution < -0.4 is 10.6 Å². The predicted molar refractivity (Wildman–Crippen MR) is 123 cm³/mol. The van der Waals surface area contributed by atoms with Gasteiger partial charge in [-0.2, -0.15) is 13.2 Å². The lowest BCUT2D eigenvalue weighted by atomic mass is 9.85. The van der Waals surface area contributed by atoms with Gasteiger partial charge in [-0.25, -0.2) is 4.99 Å². The molecule has 1 aliphatic rings. The molecule has 0 saturated heterocycles. The summed E-state index contributed by atoms with van der Waals surface area (Å²) in [6, 6.07) is 3.82. The molecule has 0 radical (unpaired) electrons. The van der Waals surface area contributed by atoms with Gasteiger partial charge in [-0.1, -0.05) is 12.5 Å². The molecule has 2 atom stereocenters. The molecule has 2 N–H and O–H groups in total. The summed E-state index contributed by atoms with van der Waals surface area (Å²) in [6.07, 6.45) is -1.75. The fourth-order valence-corrected chi connectivity index (χ4v) is 4.17. The number of nitrogens with one attached hydrogen (secondary N) is 2. The van der Waals surface area contributed by atoms with Crippen LogP contribution >= 0.6 is 35.3 Å². The minimum absolute atomic E-state index is 0.